The second kappa shape index (κ2) is 5.84. The molecule has 2 rings (SSSR count). The van der Waals surface area contributed by atoms with Crippen molar-refractivity contribution in [2.75, 3.05) is 6.54 Å². The average molecular weight is 280 g/mol. The maximum absolute atomic E-state index is 12.2. The average Bonchev–Trinajstić information content (AvgIpc) is 2.37. The largest absolute Gasteiger partial charge is 0.330 e. The molecule has 0 aromatic heterocycles. The molecule has 0 aromatic carbocycles. The van der Waals surface area contributed by atoms with Crippen LogP contribution in [0.5, 0.6) is 0 Å². The number of amides is 2. The molecule has 1 aliphatic heterocycles. The fourth-order valence-electron chi connectivity index (χ4n) is 3.73. The van der Waals surface area contributed by atoms with Crippen LogP contribution in [0.3, 0.4) is 0 Å². The molecule has 2 N–H and O–H groups in total. The Hall–Kier alpha value is -0.900. The van der Waals surface area contributed by atoms with Gasteiger partial charge in [0.15, 0.2) is 0 Å². The van der Waals surface area contributed by atoms with Gasteiger partial charge in [-0.1, -0.05) is 20.8 Å². The number of carbonyl (C=O) groups excluding carboxylic acids is 2. The minimum atomic E-state index is 0.0132. The Bertz CT molecular complexity index is 370. The molecule has 4 heteroatoms. The van der Waals surface area contributed by atoms with Crippen molar-refractivity contribution in [2.24, 2.45) is 23.0 Å². The van der Waals surface area contributed by atoms with Crippen LogP contribution < -0.4 is 5.73 Å². The van der Waals surface area contributed by atoms with E-state index in [1.807, 2.05) is 0 Å². The zero-order valence-electron chi connectivity index (χ0n) is 13.0. The molecule has 3 atom stereocenters. The van der Waals surface area contributed by atoms with Gasteiger partial charge < -0.3 is 5.73 Å². The van der Waals surface area contributed by atoms with Crippen LogP contribution in [0, 0.1) is 17.3 Å². The third kappa shape index (κ3) is 3.05. The van der Waals surface area contributed by atoms with Gasteiger partial charge in [0.25, 0.3) is 0 Å². The Morgan fingerprint density at radius 2 is 1.75 bits per heavy atom. The molecule has 0 radical (unpaired) electrons. The first-order valence-corrected chi connectivity index (χ1v) is 7.89. The van der Waals surface area contributed by atoms with E-state index < -0.39 is 0 Å². The Kier molecular flexibility index (Phi) is 4.52. The van der Waals surface area contributed by atoms with Crippen LogP contribution in [0.4, 0.5) is 0 Å². The minimum Gasteiger partial charge on any atom is -0.330 e. The van der Waals surface area contributed by atoms with Gasteiger partial charge in [-0.3, -0.25) is 14.5 Å². The third-order valence-corrected chi connectivity index (χ3v) is 5.13. The summed E-state index contributed by atoms with van der Waals surface area (Å²) < 4.78 is 0. The summed E-state index contributed by atoms with van der Waals surface area (Å²) in [6.45, 7) is 7.31. The lowest BCUT2D eigenvalue weighted by Gasteiger charge is -2.46. The first-order valence-electron chi connectivity index (χ1n) is 7.89. The van der Waals surface area contributed by atoms with Gasteiger partial charge in [0, 0.05) is 18.9 Å². The second-order valence-corrected chi connectivity index (χ2v) is 7.45. The fraction of sp³-hybridized carbons (Fsp3) is 0.875. The van der Waals surface area contributed by atoms with Crippen molar-refractivity contribution in [3.8, 4) is 0 Å². The number of likely N-dealkylation sites (tertiary alicyclic amines) is 1. The van der Waals surface area contributed by atoms with Gasteiger partial charge in [0.1, 0.15) is 0 Å². The van der Waals surface area contributed by atoms with Crippen LogP contribution in [-0.4, -0.2) is 29.3 Å². The van der Waals surface area contributed by atoms with Crippen LogP contribution in [0.2, 0.25) is 0 Å². The second-order valence-electron chi connectivity index (χ2n) is 7.45. The summed E-state index contributed by atoms with van der Waals surface area (Å²) in [4.78, 5) is 25.9. The summed E-state index contributed by atoms with van der Waals surface area (Å²) >= 11 is 0. The van der Waals surface area contributed by atoms with E-state index in [1.165, 1.54) is 0 Å². The standard InChI is InChI=1S/C16H28N2O2/c1-16(2,3)12-8-7-11(10-17)13(9-12)18-14(19)5-4-6-15(18)20/h11-13H,4-10,17H2,1-3H3. The van der Waals surface area contributed by atoms with Crippen LogP contribution >= 0.6 is 0 Å². The van der Waals surface area contributed by atoms with Crippen molar-refractivity contribution in [3.63, 3.8) is 0 Å². The lowest BCUT2D eigenvalue weighted by molar-refractivity contribution is -0.154. The highest BCUT2D eigenvalue weighted by Crippen LogP contribution is 2.42. The molecule has 2 fully saturated rings. The number of piperidine rings is 1. The van der Waals surface area contributed by atoms with E-state index in [1.54, 1.807) is 4.90 Å². The minimum absolute atomic E-state index is 0.0132. The van der Waals surface area contributed by atoms with Gasteiger partial charge in [-0.25, -0.2) is 0 Å². The van der Waals surface area contributed by atoms with Crippen molar-refractivity contribution < 1.29 is 9.59 Å². The van der Waals surface area contributed by atoms with Gasteiger partial charge >= 0.3 is 0 Å². The Labute approximate surface area is 122 Å². The van der Waals surface area contributed by atoms with Gasteiger partial charge in [0.05, 0.1) is 0 Å². The monoisotopic (exact) mass is 280 g/mol. The fourth-order valence-corrected chi connectivity index (χ4v) is 3.73. The van der Waals surface area contributed by atoms with Crippen molar-refractivity contribution >= 4 is 11.8 Å². The first kappa shape index (κ1) is 15.5. The molecule has 1 saturated carbocycles. The number of nitrogens with zero attached hydrogens (tertiary/aromatic N) is 1. The van der Waals surface area contributed by atoms with Crippen molar-refractivity contribution in [3.05, 3.63) is 0 Å². The molecule has 3 unspecified atom stereocenters. The molecule has 0 spiro atoms. The highest BCUT2D eigenvalue weighted by molar-refractivity contribution is 5.97. The lowest BCUT2D eigenvalue weighted by Crippen LogP contribution is -2.54. The highest BCUT2D eigenvalue weighted by atomic mass is 16.2. The molecule has 2 amide bonds. The molecular formula is C16H28N2O2. The maximum atomic E-state index is 12.2. The molecule has 114 valence electrons. The maximum Gasteiger partial charge on any atom is 0.229 e. The summed E-state index contributed by atoms with van der Waals surface area (Å²) in [5.41, 5.74) is 6.12. The van der Waals surface area contributed by atoms with Gasteiger partial charge in [-0.05, 0) is 49.5 Å². The molecule has 0 aromatic rings. The Morgan fingerprint density at radius 1 is 1.15 bits per heavy atom. The number of imide groups is 1. The zero-order valence-corrected chi connectivity index (χ0v) is 13.0. The number of nitrogens with two attached hydrogens (primary N) is 1. The van der Waals surface area contributed by atoms with Crippen LogP contribution in [0.15, 0.2) is 0 Å². The summed E-state index contributed by atoms with van der Waals surface area (Å²) in [6.07, 6.45) is 4.83. The predicted octanol–water partition coefficient (Wildman–Crippen LogP) is 2.32. The number of rotatable bonds is 2. The van der Waals surface area contributed by atoms with Crippen LogP contribution in [-0.2, 0) is 9.59 Å². The van der Waals surface area contributed by atoms with Gasteiger partial charge in [-0.2, -0.15) is 0 Å². The molecule has 1 heterocycles. The van der Waals surface area contributed by atoms with E-state index in [4.69, 9.17) is 5.73 Å². The van der Waals surface area contributed by atoms with E-state index in [0.29, 0.717) is 31.7 Å². The van der Waals surface area contributed by atoms with E-state index in [9.17, 15) is 9.59 Å². The molecule has 2 aliphatic rings. The number of hydrogen-bond donors (Lipinski definition) is 1. The third-order valence-electron chi connectivity index (χ3n) is 5.13. The summed E-state index contributed by atoms with van der Waals surface area (Å²) in [5, 5.41) is 0. The van der Waals surface area contributed by atoms with Gasteiger partial charge in [0.2, 0.25) is 11.8 Å². The number of carbonyl (C=O) groups is 2. The summed E-state index contributed by atoms with van der Waals surface area (Å²) in [5.74, 6) is 0.857. The molecule has 1 saturated heterocycles. The van der Waals surface area contributed by atoms with E-state index >= 15 is 0 Å². The number of hydrogen-bond acceptors (Lipinski definition) is 3. The van der Waals surface area contributed by atoms with Crippen molar-refractivity contribution in [1.29, 1.82) is 0 Å². The molecule has 1 aliphatic carbocycles. The highest BCUT2D eigenvalue weighted by Gasteiger charge is 2.42. The smallest absolute Gasteiger partial charge is 0.229 e. The molecular weight excluding hydrogens is 252 g/mol. The SMILES string of the molecule is CC(C)(C)C1CCC(CN)C(N2C(=O)CCCC2=O)C1. The summed E-state index contributed by atoms with van der Waals surface area (Å²) in [7, 11) is 0. The first-order chi connectivity index (χ1) is 9.34. The topological polar surface area (TPSA) is 63.4 Å². The Balaban J connectivity index is 2.20. The summed E-state index contributed by atoms with van der Waals surface area (Å²) in [6, 6.07) is 0.0262. The molecule has 4 nitrogen and oxygen atoms in total. The van der Waals surface area contributed by atoms with Crippen molar-refractivity contribution in [1.82, 2.24) is 4.90 Å². The van der Waals surface area contributed by atoms with E-state index in [0.717, 1.165) is 19.3 Å². The van der Waals surface area contributed by atoms with Crippen LogP contribution in [0.25, 0.3) is 0 Å². The zero-order chi connectivity index (χ0) is 14.9. The normalized spacial score (nSPS) is 32.6. The van der Waals surface area contributed by atoms with Crippen molar-refractivity contribution in [2.45, 2.75) is 65.3 Å². The predicted molar refractivity (Wildman–Crippen MR) is 78.8 cm³/mol. The van der Waals surface area contributed by atoms with Crippen LogP contribution in [0.1, 0.15) is 59.3 Å². The van der Waals surface area contributed by atoms with E-state index in [-0.39, 0.29) is 29.2 Å². The lowest BCUT2D eigenvalue weighted by atomic mass is 9.67. The molecule has 0 bridgehead atoms. The quantitative estimate of drug-likeness (QED) is 0.790. The van der Waals surface area contributed by atoms with Gasteiger partial charge in [-0.15, -0.1) is 0 Å². The Morgan fingerprint density at radius 3 is 2.25 bits per heavy atom. The molecule has 20 heavy (non-hydrogen) atoms. The van der Waals surface area contributed by atoms with E-state index in [2.05, 4.69) is 20.8 Å².